The highest BCUT2D eigenvalue weighted by molar-refractivity contribution is 6.34. The van der Waals surface area contributed by atoms with E-state index in [1.54, 1.807) is 0 Å². The van der Waals surface area contributed by atoms with E-state index in [0.717, 1.165) is 54.3 Å². The van der Waals surface area contributed by atoms with Crippen LogP contribution in [0.1, 0.15) is 58.2 Å². The fourth-order valence-electron chi connectivity index (χ4n) is 4.51. The Morgan fingerprint density at radius 2 is 1.97 bits per heavy atom. The van der Waals surface area contributed by atoms with Crippen molar-refractivity contribution in [1.29, 1.82) is 0 Å². The molecule has 1 aliphatic rings. The minimum atomic E-state index is -4.65. The molecule has 1 saturated heterocycles. The third kappa shape index (κ3) is 4.98. The molecule has 4 rings (SSSR count). The number of hydrogen-bond acceptors (Lipinski definition) is 4. The zero-order chi connectivity index (χ0) is 24.5. The summed E-state index contributed by atoms with van der Waals surface area (Å²) >= 11 is 6.02. The Balaban J connectivity index is 1.70. The molecular weight excluding hydrogens is 467 g/mol. The summed E-state index contributed by atoms with van der Waals surface area (Å²) in [5.74, 6) is 0.0259. The van der Waals surface area contributed by atoms with Crippen molar-refractivity contribution in [1.82, 2.24) is 15.8 Å². The van der Waals surface area contributed by atoms with Crippen molar-refractivity contribution < 1.29 is 22.5 Å². The normalized spacial score (nSPS) is 17.4. The van der Waals surface area contributed by atoms with E-state index in [2.05, 4.69) is 15.8 Å². The van der Waals surface area contributed by atoms with Crippen LogP contribution in [0.3, 0.4) is 0 Å². The molecule has 0 unspecified atom stereocenters. The fraction of sp³-hybridized carbons (Fsp3) is 0.360. The molecule has 0 saturated carbocycles. The first-order valence-electron chi connectivity index (χ1n) is 11.1. The van der Waals surface area contributed by atoms with Crippen LogP contribution >= 0.6 is 11.6 Å². The minimum Gasteiger partial charge on any atom is -0.361 e. The zero-order valence-electron chi connectivity index (χ0n) is 18.8. The lowest BCUT2D eigenvalue weighted by atomic mass is 9.90. The lowest BCUT2D eigenvalue weighted by Crippen LogP contribution is -2.46. The quantitative estimate of drug-likeness (QED) is 0.443. The predicted octanol–water partition coefficient (Wildman–Crippen LogP) is 6.24. The molecular formula is C25H25ClF3N3O2. The molecule has 1 aliphatic heterocycles. The first kappa shape index (κ1) is 24.3. The zero-order valence-corrected chi connectivity index (χ0v) is 19.6. The van der Waals surface area contributed by atoms with Crippen LogP contribution in [0.5, 0.6) is 0 Å². The summed E-state index contributed by atoms with van der Waals surface area (Å²) in [6.07, 6.45) is -1.83. The molecule has 2 N–H and O–H groups in total. The van der Waals surface area contributed by atoms with Gasteiger partial charge in [-0.05, 0) is 62.6 Å². The Hall–Kier alpha value is -2.84. The Bertz CT molecular complexity index is 1170. The Morgan fingerprint density at radius 3 is 2.62 bits per heavy atom. The third-order valence-electron chi connectivity index (χ3n) is 6.15. The maximum absolute atomic E-state index is 13.3. The first-order valence-corrected chi connectivity index (χ1v) is 11.5. The molecule has 5 nitrogen and oxygen atoms in total. The number of piperidine rings is 1. The summed E-state index contributed by atoms with van der Waals surface area (Å²) in [6, 6.07) is 10.5. The Labute approximate surface area is 200 Å². The van der Waals surface area contributed by atoms with Crippen molar-refractivity contribution in [2.75, 3.05) is 6.54 Å². The number of hydrogen-bond donors (Lipinski definition) is 2. The van der Waals surface area contributed by atoms with E-state index in [-0.39, 0.29) is 11.6 Å². The van der Waals surface area contributed by atoms with Gasteiger partial charge >= 0.3 is 6.18 Å². The van der Waals surface area contributed by atoms with Crippen LogP contribution in [0.25, 0.3) is 11.1 Å². The van der Waals surface area contributed by atoms with E-state index in [9.17, 15) is 18.0 Å². The minimum absolute atomic E-state index is 0.0813. The number of nitrogens with one attached hydrogen (secondary N) is 2. The number of nitrogens with zero attached hydrogens (tertiary/aromatic N) is 1. The molecule has 0 bridgehead atoms. The summed E-state index contributed by atoms with van der Waals surface area (Å²) < 4.78 is 45.2. The summed E-state index contributed by atoms with van der Waals surface area (Å²) in [5, 5.41) is 9.81. The van der Waals surface area contributed by atoms with Crippen LogP contribution in [0.4, 0.5) is 13.2 Å². The van der Waals surface area contributed by atoms with E-state index in [1.807, 2.05) is 38.1 Å². The lowest BCUT2D eigenvalue weighted by molar-refractivity contribution is -0.137. The highest BCUT2D eigenvalue weighted by atomic mass is 35.5. The van der Waals surface area contributed by atoms with Gasteiger partial charge in [0.05, 0.1) is 27.9 Å². The predicted molar refractivity (Wildman–Crippen MR) is 124 cm³/mol. The average molecular weight is 492 g/mol. The number of aryl methyl sites for hydroxylation is 2. The van der Waals surface area contributed by atoms with Gasteiger partial charge in [0.15, 0.2) is 0 Å². The molecule has 2 heterocycles. The molecule has 9 heteroatoms. The lowest BCUT2D eigenvalue weighted by Gasteiger charge is -2.32. The molecule has 3 aromatic rings. The van der Waals surface area contributed by atoms with Crippen LogP contribution in [0.2, 0.25) is 5.02 Å². The fourth-order valence-corrected chi connectivity index (χ4v) is 4.83. The summed E-state index contributed by atoms with van der Waals surface area (Å²) in [6.45, 7) is 4.49. The number of alkyl halides is 3. The van der Waals surface area contributed by atoms with Gasteiger partial charge in [-0.3, -0.25) is 4.79 Å². The second-order valence-electron chi connectivity index (χ2n) is 8.50. The molecule has 34 heavy (non-hydrogen) atoms. The van der Waals surface area contributed by atoms with Crippen LogP contribution in [-0.2, 0) is 6.18 Å². The van der Waals surface area contributed by atoms with Gasteiger partial charge in [0.1, 0.15) is 5.76 Å². The summed E-state index contributed by atoms with van der Waals surface area (Å²) in [7, 11) is 0. The van der Waals surface area contributed by atoms with Crippen molar-refractivity contribution >= 4 is 17.5 Å². The van der Waals surface area contributed by atoms with Crippen LogP contribution in [0.15, 0.2) is 47.0 Å². The molecule has 1 aromatic heterocycles. The maximum atomic E-state index is 13.3. The van der Waals surface area contributed by atoms with E-state index in [1.165, 1.54) is 12.1 Å². The molecule has 0 radical (unpaired) electrons. The van der Waals surface area contributed by atoms with Gasteiger partial charge in [-0.2, -0.15) is 13.2 Å². The molecule has 2 atom stereocenters. The SMILES string of the molecule is Cc1noc(C)c1-c1cccc([C@H](NC(=O)c2cccc(C(F)(F)F)c2Cl)[C@@H]2CCCCN2)c1. The molecule has 2 aromatic carbocycles. The van der Waals surface area contributed by atoms with Crippen molar-refractivity contribution in [2.24, 2.45) is 0 Å². The Kier molecular flexibility index (Phi) is 7.00. The van der Waals surface area contributed by atoms with Gasteiger partial charge in [-0.25, -0.2) is 0 Å². The van der Waals surface area contributed by atoms with Crippen molar-refractivity contribution in [3.05, 3.63) is 75.6 Å². The van der Waals surface area contributed by atoms with Gasteiger partial charge in [0, 0.05) is 11.6 Å². The van der Waals surface area contributed by atoms with Crippen molar-refractivity contribution in [3.8, 4) is 11.1 Å². The number of carbonyl (C=O) groups is 1. The van der Waals surface area contributed by atoms with Gasteiger partial charge in [-0.15, -0.1) is 0 Å². The molecule has 180 valence electrons. The van der Waals surface area contributed by atoms with Gasteiger partial charge in [0.2, 0.25) is 0 Å². The standard InChI is InChI=1S/C25H25ClF3N3O2/c1-14-21(15(2)34-32-14)16-7-5-8-17(13-16)23(20-11-3-4-12-30-20)31-24(33)18-9-6-10-19(22(18)26)25(27,28)29/h5-10,13,20,23,30H,3-4,11-12H2,1-2H3,(H,31,33)/t20-,23-/m0/s1. The smallest absolute Gasteiger partial charge is 0.361 e. The number of halogens is 4. The highest BCUT2D eigenvalue weighted by Gasteiger charge is 2.35. The molecule has 0 aliphatic carbocycles. The number of benzene rings is 2. The Morgan fingerprint density at radius 1 is 1.21 bits per heavy atom. The average Bonchev–Trinajstić information content (AvgIpc) is 3.15. The van der Waals surface area contributed by atoms with Crippen LogP contribution in [0, 0.1) is 13.8 Å². The maximum Gasteiger partial charge on any atom is 0.417 e. The summed E-state index contributed by atoms with van der Waals surface area (Å²) in [5.41, 5.74) is 2.11. The van der Waals surface area contributed by atoms with Gasteiger partial charge < -0.3 is 15.2 Å². The second-order valence-corrected chi connectivity index (χ2v) is 8.88. The number of carbonyl (C=O) groups excluding carboxylic acids is 1. The first-order chi connectivity index (χ1) is 16.2. The molecule has 1 fully saturated rings. The van der Waals surface area contributed by atoms with Crippen molar-refractivity contribution in [2.45, 2.75) is 51.4 Å². The largest absolute Gasteiger partial charge is 0.417 e. The molecule has 0 spiro atoms. The molecule has 1 amide bonds. The van der Waals surface area contributed by atoms with E-state index < -0.39 is 28.7 Å². The van der Waals surface area contributed by atoms with Crippen LogP contribution in [-0.4, -0.2) is 23.7 Å². The highest BCUT2D eigenvalue weighted by Crippen LogP contribution is 2.37. The van der Waals surface area contributed by atoms with E-state index >= 15 is 0 Å². The van der Waals surface area contributed by atoms with E-state index in [0.29, 0.717) is 5.76 Å². The third-order valence-corrected chi connectivity index (χ3v) is 6.56. The topological polar surface area (TPSA) is 67.2 Å². The van der Waals surface area contributed by atoms with E-state index in [4.69, 9.17) is 16.1 Å². The second kappa shape index (κ2) is 9.80. The van der Waals surface area contributed by atoms with Gasteiger partial charge in [0.25, 0.3) is 5.91 Å². The monoisotopic (exact) mass is 491 g/mol. The number of rotatable bonds is 5. The summed E-state index contributed by atoms with van der Waals surface area (Å²) in [4.78, 5) is 13.2. The number of amides is 1. The van der Waals surface area contributed by atoms with Crippen LogP contribution < -0.4 is 10.6 Å². The van der Waals surface area contributed by atoms with Crippen molar-refractivity contribution in [3.63, 3.8) is 0 Å². The van der Waals surface area contributed by atoms with Gasteiger partial charge in [-0.1, -0.05) is 47.4 Å². The number of aromatic nitrogens is 1.